The molecule has 1 nitrogen and oxygen atoms in total. The lowest BCUT2D eigenvalue weighted by molar-refractivity contribution is 0.575. The molecular weight excluding hydrogens is 170 g/mol. The maximum Gasteiger partial charge on any atom is 0.0991 e. The topological polar surface area (TPSA) is 23.8 Å². The molecule has 0 heterocycles. The third kappa shape index (κ3) is 1.23. The molecule has 0 N–H and O–H groups in total. The SMILES string of the molecule is C[C@H]1[C@@H](c2ccc(C#N)cc2)C1(C)C. The van der Waals surface area contributed by atoms with Gasteiger partial charge in [-0.15, -0.1) is 0 Å². The lowest BCUT2D eigenvalue weighted by Gasteiger charge is -2.02. The van der Waals surface area contributed by atoms with Crippen molar-refractivity contribution in [3.05, 3.63) is 35.4 Å². The van der Waals surface area contributed by atoms with Gasteiger partial charge in [0.25, 0.3) is 0 Å². The molecule has 0 aromatic heterocycles. The van der Waals surface area contributed by atoms with Crippen molar-refractivity contribution in [2.75, 3.05) is 0 Å². The van der Waals surface area contributed by atoms with Crippen molar-refractivity contribution in [2.24, 2.45) is 11.3 Å². The average molecular weight is 185 g/mol. The molecule has 2 rings (SSSR count). The number of nitrogens with zero attached hydrogens (tertiary/aromatic N) is 1. The fourth-order valence-corrected chi connectivity index (χ4v) is 2.38. The van der Waals surface area contributed by atoms with E-state index >= 15 is 0 Å². The number of hydrogen-bond acceptors (Lipinski definition) is 1. The highest BCUT2D eigenvalue weighted by Gasteiger charge is 2.54. The first-order chi connectivity index (χ1) is 6.57. The van der Waals surface area contributed by atoms with E-state index in [2.05, 4.69) is 39.0 Å². The third-order valence-corrected chi connectivity index (χ3v) is 3.76. The molecule has 1 heteroatoms. The first kappa shape index (κ1) is 9.27. The molecule has 0 amide bonds. The Labute approximate surface area is 85.4 Å². The minimum absolute atomic E-state index is 0.439. The highest BCUT2D eigenvalue weighted by atomic mass is 14.6. The van der Waals surface area contributed by atoms with Crippen molar-refractivity contribution < 1.29 is 0 Å². The van der Waals surface area contributed by atoms with Crippen LogP contribution >= 0.6 is 0 Å². The molecule has 1 saturated carbocycles. The van der Waals surface area contributed by atoms with Crippen LogP contribution in [0, 0.1) is 22.7 Å². The summed E-state index contributed by atoms with van der Waals surface area (Å²) in [5.41, 5.74) is 2.56. The average Bonchev–Trinajstić information content (AvgIpc) is 2.67. The molecule has 0 spiro atoms. The second kappa shape index (κ2) is 2.85. The maximum atomic E-state index is 8.69. The molecule has 0 saturated heterocycles. The zero-order chi connectivity index (χ0) is 10.3. The smallest absolute Gasteiger partial charge is 0.0991 e. The summed E-state index contributed by atoms with van der Waals surface area (Å²) in [6.45, 7) is 6.91. The van der Waals surface area contributed by atoms with Crippen molar-refractivity contribution in [3.8, 4) is 6.07 Å². The van der Waals surface area contributed by atoms with Crippen LogP contribution in [0.2, 0.25) is 0 Å². The van der Waals surface area contributed by atoms with Crippen LogP contribution in [0.1, 0.15) is 37.8 Å². The highest BCUT2D eigenvalue weighted by molar-refractivity contribution is 5.37. The van der Waals surface area contributed by atoms with Crippen LogP contribution in [0.4, 0.5) is 0 Å². The van der Waals surface area contributed by atoms with E-state index in [1.165, 1.54) is 5.56 Å². The van der Waals surface area contributed by atoms with Gasteiger partial charge in [-0.05, 0) is 34.9 Å². The summed E-state index contributed by atoms with van der Waals surface area (Å²) in [4.78, 5) is 0. The van der Waals surface area contributed by atoms with E-state index in [4.69, 9.17) is 5.26 Å². The maximum absolute atomic E-state index is 8.69. The van der Waals surface area contributed by atoms with Gasteiger partial charge in [-0.2, -0.15) is 5.26 Å². The Morgan fingerprint density at radius 3 is 2.07 bits per heavy atom. The molecule has 0 unspecified atom stereocenters. The fraction of sp³-hybridized carbons (Fsp3) is 0.462. The lowest BCUT2D eigenvalue weighted by Crippen LogP contribution is -1.89. The number of nitriles is 1. The van der Waals surface area contributed by atoms with Gasteiger partial charge in [0, 0.05) is 0 Å². The van der Waals surface area contributed by atoms with Crippen molar-refractivity contribution in [3.63, 3.8) is 0 Å². The van der Waals surface area contributed by atoms with Gasteiger partial charge in [0.05, 0.1) is 11.6 Å². The first-order valence-corrected chi connectivity index (χ1v) is 5.07. The fourth-order valence-electron chi connectivity index (χ4n) is 2.38. The predicted octanol–water partition coefficient (Wildman–Crippen LogP) is 3.32. The van der Waals surface area contributed by atoms with E-state index in [9.17, 15) is 0 Å². The minimum atomic E-state index is 0.439. The summed E-state index contributed by atoms with van der Waals surface area (Å²) in [6.07, 6.45) is 0. The van der Waals surface area contributed by atoms with Crippen LogP contribution in [0.5, 0.6) is 0 Å². The standard InChI is InChI=1S/C13H15N/c1-9-12(13(9,2)3)11-6-4-10(8-14)5-7-11/h4-7,9,12H,1-3H3/t9-,12-/m0/s1. The molecular formula is C13H15N. The molecule has 72 valence electrons. The van der Waals surface area contributed by atoms with Crippen LogP contribution in [-0.4, -0.2) is 0 Å². The van der Waals surface area contributed by atoms with Gasteiger partial charge in [0.2, 0.25) is 0 Å². The van der Waals surface area contributed by atoms with E-state index < -0.39 is 0 Å². The van der Waals surface area contributed by atoms with Gasteiger partial charge in [0.15, 0.2) is 0 Å². The van der Waals surface area contributed by atoms with Crippen molar-refractivity contribution >= 4 is 0 Å². The molecule has 0 radical (unpaired) electrons. The van der Waals surface area contributed by atoms with Crippen molar-refractivity contribution in [1.82, 2.24) is 0 Å². The van der Waals surface area contributed by atoms with Crippen LogP contribution in [0.15, 0.2) is 24.3 Å². The zero-order valence-electron chi connectivity index (χ0n) is 8.91. The van der Waals surface area contributed by atoms with Crippen molar-refractivity contribution in [2.45, 2.75) is 26.7 Å². The Morgan fingerprint density at radius 2 is 1.71 bits per heavy atom. The van der Waals surface area contributed by atoms with Crippen LogP contribution < -0.4 is 0 Å². The normalized spacial score (nSPS) is 28.1. The first-order valence-electron chi connectivity index (χ1n) is 5.07. The summed E-state index contributed by atoms with van der Waals surface area (Å²) in [5, 5.41) is 8.69. The lowest BCUT2D eigenvalue weighted by atomic mass is 10.0. The minimum Gasteiger partial charge on any atom is -0.192 e. The van der Waals surface area contributed by atoms with Gasteiger partial charge in [0.1, 0.15) is 0 Å². The third-order valence-electron chi connectivity index (χ3n) is 3.76. The Balaban J connectivity index is 2.25. The van der Waals surface area contributed by atoms with E-state index in [0.29, 0.717) is 11.3 Å². The summed E-state index contributed by atoms with van der Waals surface area (Å²) in [7, 11) is 0. The van der Waals surface area contributed by atoms with Gasteiger partial charge < -0.3 is 0 Å². The quantitative estimate of drug-likeness (QED) is 0.658. The van der Waals surface area contributed by atoms with Crippen LogP contribution in [0.25, 0.3) is 0 Å². The number of hydrogen-bond donors (Lipinski definition) is 0. The Morgan fingerprint density at radius 1 is 1.21 bits per heavy atom. The van der Waals surface area contributed by atoms with E-state index in [1.807, 2.05) is 12.1 Å². The summed E-state index contributed by atoms with van der Waals surface area (Å²) in [6, 6.07) is 10.2. The Kier molecular flexibility index (Phi) is 1.89. The van der Waals surface area contributed by atoms with Gasteiger partial charge in [-0.1, -0.05) is 32.9 Å². The second-order valence-electron chi connectivity index (χ2n) is 4.82. The number of rotatable bonds is 1. The Hall–Kier alpha value is -1.29. The molecule has 14 heavy (non-hydrogen) atoms. The van der Waals surface area contributed by atoms with Crippen molar-refractivity contribution in [1.29, 1.82) is 5.26 Å². The zero-order valence-corrected chi connectivity index (χ0v) is 8.91. The van der Waals surface area contributed by atoms with E-state index in [1.54, 1.807) is 0 Å². The monoisotopic (exact) mass is 185 g/mol. The van der Waals surface area contributed by atoms with E-state index in [-0.39, 0.29) is 0 Å². The van der Waals surface area contributed by atoms with Gasteiger partial charge >= 0.3 is 0 Å². The molecule has 1 aromatic rings. The molecule has 0 bridgehead atoms. The second-order valence-corrected chi connectivity index (χ2v) is 4.82. The molecule has 1 aliphatic carbocycles. The predicted molar refractivity (Wildman–Crippen MR) is 56.8 cm³/mol. The van der Waals surface area contributed by atoms with Gasteiger partial charge in [-0.25, -0.2) is 0 Å². The largest absolute Gasteiger partial charge is 0.192 e. The summed E-state index contributed by atoms with van der Waals surface area (Å²) >= 11 is 0. The van der Waals surface area contributed by atoms with Crippen LogP contribution in [0.3, 0.4) is 0 Å². The summed E-state index contributed by atoms with van der Waals surface area (Å²) < 4.78 is 0. The highest BCUT2D eigenvalue weighted by Crippen LogP contribution is 2.63. The summed E-state index contributed by atoms with van der Waals surface area (Å²) in [5.74, 6) is 1.44. The Bertz CT molecular complexity index is 381. The van der Waals surface area contributed by atoms with E-state index in [0.717, 1.165) is 11.5 Å². The molecule has 1 aromatic carbocycles. The molecule has 2 atom stereocenters. The van der Waals surface area contributed by atoms with Gasteiger partial charge in [-0.3, -0.25) is 0 Å². The number of benzene rings is 1. The molecule has 0 aliphatic heterocycles. The van der Waals surface area contributed by atoms with Crippen LogP contribution in [-0.2, 0) is 0 Å². The molecule has 1 aliphatic rings. The molecule has 1 fully saturated rings.